The van der Waals surface area contributed by atoms with Gasteiger partial charge in [-0.3, -0.25) is 4.79 Å². The topological polar surface area (TPSA) is 105 Å². The van der Waals surface area contributed by atoms with Crippen LogP contribution in [0.3, 0.4) is 0 Å². The van der Waals surface area contributed by atoms with Crippen molar-refractivity contribution >= 4 is 34.8 Å². The van der Waals surface area contributed by atoms with Gasteiger partial charge in [0, 0.05) is 22.5 Å². The Kier molecular flexibility index (Phi) is 4.17. The van der Waals surface area contributed by atoms with Gasteiger partial charge in [0.25, 0.3) is 5.91 Å². The second-order valence-corrected chi connectivity index (χ2v) is 6.56. The lowest BCUT2D eigenvalue weighted by Crippen LogP contribution is -2.21. The predicted molar refractivity (Wildman–Crippen MR) is 104 cm³/mol. The minimum atomic E-state index is -4.77. The molecule has 1 amide bonds. The van der Waals surface area contributed by atoms with E-state index in [0.717, 1.165) is 0 Å². The molecule has 0 radical (unpaired) electrons. The highest BCUT2D eigenvalue weighted by Gasteiger charge is 2.31. The third-order valence-electron chi connectivity index (χ3n) is 4.44. The van der Waals surface area contributed by atoms with Gasteiger partial charge in [0.2, 0.25) is 5.95 Å². The maximum atomic E-state index is 12.4. The number of nitrogens with zero attached hydrogens (tertiary/aromatic N) is 4. The Hall–Kier alpha value is -4.28. The van der Waals surface area contributed by atoms with Crippen LogP contribution in [0.15, 0.2) is 53.8 Å². The number of anilines is 2. The fraction of sp³-hybridized carbons (Fsp3) is 0.0500. The third kappa shape index (κ3) is 3.80. The Morgan fingerprint density at radius 3 is 2.61 bits per heavy atom. The van der Waals surface area contributed by atoms with Crippen LogP contribution in [0.25, 0.3) is 28.5 Å². The Bertz CT molecular complexity index is 1440. The molecule has 31 heavy (non-hydrogen) atoms. The van der Waals surface area contributed by atoms with Gasteiger partial charge in [-0.2, -0.15) is 4.98 Å². The number of aromatic amines is 1. The van der Waals surface area contributed by atoms with Gasteiger partial charge in [-0.15, -0.1) is 13.2 Å². The number of fused-ring (bicyclic) bond motifs is 2. The number of hydrogen-bond donors (Lipinski definition) is 2. The van der Waals surface area contributed by atoms with Crippen molar-refractivity contribution in [3.05, 3.63) is 59.4 Å². The molecule has 154 valence electrons. The standard InChI is InChI=1S/C20H11F3N6O2/c21-20(22,23)31-13-4-1-10(2-5-13)16-17-18(25-9-24-17)29-19(28-16)26-12-3-6-14-11(7-12)8-15(30)27-14/h1-9H,(H2,24,25,26,28,29). The Morgan fingerprint density at radius 1 is 1.03 bits per heavy atom. The van der Waals surface area contributed by atoms with Gasteiger partial charge in [0.05, 0.1) is 11.7 Å². The number of carbonyl (C=O) groups excluding carboxylic acids is 1. The smallest absolute Gasteiger partial charge is 0.406 e. The summed E-state index contributed by atoms with van der Waals surface area (Å²) in [7, 11) is 0. The number of nitrogens with one attached hydrogen (secondary N) is 2. The van der Waals surface area contributed by atoms with Crippen LogP contribution in [0.2, 0.25) is 0 Å². The number of carbonyl (C=O) groups is 1. The molecule has 3 heterocycles. The van der Waals surface area contributed by atoms with Gasteiger partial charge < -0.3 is 15.0 Å². The van der Waals surface area contributed by atoms with Gasteiger partial charge >= 0.3 is 6.36 Å². The number of imidazole rings is 1. The van der Waals surface area contributed by atoms with Crippen LogP contribution in [-0.4, -0.2) is 32.2 Å². The molecule has 0 atom stereocenters. The molecule has 0 spiro atoms. The van der Waals surface area contributed by atoms with E-state index in [1.54, 1.807) is 18.2 Å². The molecule has 1 aliphatic heterocycles. The number of alkyl halides is 3. The van der Waals surface area contributed by atoms with Crippen molar-refractivity contribution < 1.29 is 22.7 Å². The fourth-order valence-corrected chi connectivity index (χ4v) is 3.18. The Labute approximate surface area is 171 Å². The van der Waals surface area contributed by atoms with Crippen molar-refractivity contribution in [2.75, 3.05) is 5.32 Å². The summed E-state index contributed by atoms with van der Waals surface area (Å²) in [6.07, 6.45) is -1.89. The summed E-state index contributed by atoms with van der Waals surface area (Å²) >= 11 is 0. The number of H-pyrrole nitrogens is 1. The van der Waals surface area contributed by atoms with Crippen LogP contribution < -0.4 is 20.6 Å². The predicted octanol–water partition coefficient (Wildman–Crippen LogP) is 2.60. The third-order valence-corrected chi connectivity index (χ3v) is 4.44. The quantitative estimate of drug-likeness (QED) is 0.522. The number of benzene rings is 2. The van der Waals surface area contributed by atoms with Crippen LogP contribution in [0, 0.1) is 0 Å². The van der Waals surface area contributed by atoms with Gasteiger partial charge in [0.1, 0.15) is 17.0 Å². The van der Waals surface area contributed by atoms with Crippen LogP contribution in [-0.2, 0) is 4.79 Å². The highest BCUT2D eigenvalue weighted by atomic mass is 19.4. The van der Waals surface area contributed by atoms with Gasteiger partial charge in [-0.25, -0.2) is 15.0 Å². The zero-order valence-electron chi connectivity index (χ0n) is 15.4. The summed E-state index contributed by atoms with van der Waals surface area (Å²) in [5.74, 6) is -0.424. The first kappa shape index (κ1) is 18.7. The molecule has 0 saturated heterocycles. The second-order valence-electron chi connectivity index (χ2n) is 6.56. The normalized spacial score (nSPS) is 12.9. The van der Waals surface area contributed by atoms with E-state index in [0.29, 0.717) is 38.7 Å². The molecule has 2 aromatic carbocycles. The minimum absolute atomic E-state index is 0.228. The molecule has 0 bridgehead atoms. The minimum Gasteiger partial charge on any atom is -0.406 e. The van der Waals surface area contributed by atoms with E-state index >= 15 is 0 Å². The zero-order chi connectivity index (χ0) is 21.6. The highest BCUT2D eigenvalue weighted by molar-refractivity contribution is 6.06. The van der Waals surface area contributed by atoms with Crippen molar-refractivity contribution in [1.82, 2.24) is 19.9 Å². The van der Waals surface area contributed by atoms with E-state index in [4.69, 9.17) is 0 Å². The molecule has 0 aliphatic carbocycles. The van der Waals surface area contributed by atoms with Gasteiger partial charge in [0.15, 0.2) is 5.65 Å². The molecule has 4 aromatic rings. The van der Waals surface area contributed by atoms with E-state index in [2.05, 4.69) is 35.0 Å². The summed E-state index contributed by atoms with van der Waals surface area (Å²) in [4.78, 5) is 31.2. The van der Waals surface area contributed by atoms with Crippen molar-refractivity contribution in [3.63, 3.8) is 0 Å². The van der Waals surface area contributed by atoms with E-state index < -0.39 is 6.36 Å². The number of amides is 1. The molecule has 5 rings (SSSR count). The number of halogens is 3. The largest absolute Gasteiger partial charge is 0.573 e. The van der Waals surface area contributed by atoms with Gasteiger partial charge in [-0.1, -0.05) is 0 Å². The monoisotopic (exact) mass is 424 g/mol. The van der Waals surface area contributed by atoms with Gasteiger partial charge in [-0.05, 0) is 42.5 Å². The number of hydrogen-bond acceptors (Lipinski definition) is 6. The Balaban J connectivity index is 1.51. The van der Waals surface area contributed by atoms with Crippen LogP contribution in [0.4, 0.5) is 24.8 Å². The number of aromatic nitrogens is 4. The molecule has 1 aliphatic rings. The van der Waals surface area contributed by atoms with Crippen molar-refractivity contribution in [1.29, 1.82) is 0 Å². The van der Waals surface area contributed by atoms with E-state index in [1.165, 1.54) is 36.7 Å². The summed E-state index contributed by atoms with van der Waals surface area (Å²) in [5, 5.41) is 4.32. The highest BCUT2D eigenvalue weighted by Crippen LogP contribution is 2.29. The molecule has 2 aromatic heterocycles. The summed E-state index contributed by atoms with van der Waals surface area (Å²) < 4.78 is 41.1. The molecule has 0 unspecified atom stereocenters. The number of rotatable bonds is 4. The SMILES string of the molecule is O=C1C=c2cc(Nc3nc(-c4ccc(OC(F)(F)F)cc4)c4[nH]cnc4n3)ccc2=N1. The van der Waals surface area contributed by atoms with Crippen molar-refractivity contribution in [3.8, 4) is 17.0 Å². The molecule has 11 heteroatoms. The molecule has 8 nitrogen and oxygen atoms in total. The summed E-state index contributed by atoms with van der Waals surface area (Å²) in [6.45, 7) is 0. The first-order chi connectivity index (χ1) is 14.8. The number of ether oxygens (including phenoxy) is 1. The molecular weight excluding hydrogens is 413 g/mol. The summed E-state index contributed by atoms with van der Waals surface area (Å²) in [6, 6.07) is 10.5. The van der Waals surface area contributed by atoms with E-state index in [9.17, 15) is 18.0 Å². The zero-order valence-corrected chi connectivity index (χ0v) is 15.4. The first-order valence-electron chi connectivity index (χ1n) is 8.93. The average molecular weight is 424 g/mol. The average Bonchev–Trinajstić information content (AvgIpc) is 3.32. The summed E-state index contributed by atoms with van der Waals surface area (Å²) in [5.41, 5.74) is 2.53. The maximum absolute atomic E-state index is 12.4. The van der Waals surface area contributed by atoms with Crippen molar-refractivity contribution in [2.45, 2.75) is 6.36 Å². The van der Waals surface area contributed by atoms with Crippen LogP contribution in [0.1, 0.15) is 0 Å². The van der Waals surface area contributed by atoms with E-state index in [1.807, 2.05) is 0 Å². The fourth-order valence-electron chi connectivity index (χ4n) is 3.18. The van der Waals surface area contributed by atoms with Crippen LogP contribution >= 0.6 is 0 Å². The lowest BCUT2D eigenvalue weighted by atomic mass is 10.1. The maximum Gasteiger partial charge on any atom is 0.573 e. The lowest BCUT2D eigenvalue weighted by molar-refractivity contribution is -0.274. The molecular formula is C20H11F3N6O2. The molecule has 0 saturated carbocycles. The first-order valence-corrected chi connectivity index (χ1v) is 8.93. The molecule has 0 fully saturated rings. The molecule has 2 N–H and O–H groups in total. The lowest BCUT2D eigenvalue weighted by Gasteiger charge is -2.10. The van der Waals surface area contributed by atoms with Crippen LogP contribution in [0.5, 0.6) is 5.75 Å². The van der Waals surface area contributed by atoms with Crippen molar-refractivity contribution in [2.24, 2.45) is 4.99 Å². The van der Waals surface area contributed by atoms with E-state index in [-0.39, 0.29) is 17.6 Å². The Morgan fingerprint density at radius 2 is 1.84 bits per heavy atom. The second kappa shape index (κ2) is 6.90.